The first kappa shape index (κ1) is 24.1. The molecule has 0 fully saturated rings. The third-order valence-corrected chi connectivity index (χ3v) is 7.32. The van der Waals surface area contributed by atoms with Crippen molar-refractivity contribution in [3.8, 4) is 5.75 Å². The number of carbonyl (C=O) groups excluding carboxylic acids is 2. The van der Waals surface area contributed by atoms with Crippen LogP contribution in [0.4, 0.5) is 11.4 Å². The molecule has 0 atom stereocenters. The molecule has 168 valence electrons. The Labute approximate surface area is 199 Å². The van der Waals surface area contributed by atoms with Crippen molar-refractivity contribution >= 4 is 67.6 Å². The number of carbonyl (C=O) groups is 2. The van der Waals surface area contributed by atoms with Crippen molar-refractivity contribution in [3.05, 3.63) is 68.8 Å². The number of halogens is 2. The molecule has 0 saturated carbocycles. The second kappa shape index (κ2) is 10.4. The summed E-state index contributed by atoms with van der Waals surface area (Å²) in [6, 6.07) is 11.9. The van der Waals surface area contributed by atoms with E-state index in [1.807, 2.05) is 0 Å². The summed E-state index contributed by atoms with van der Waals surface area (Å²) in [5.41, 5.74) is 0.456. The Morgan fingerprint density at radius 1 is 1.03 bits per heavy atom. The van der Waals surface area contributed by atoms with E-state index in [1.54, 1.807) is 23.6 Å². The van der Waals surface area contributed by atoms with Crippen molar-refractivity contribution in [1.82, 2.24) is 0 Å². The molecule has 0 radical (unpaired) electrons. The van der Waals surface area contributed by atoms with Crippen LogP contribution in [-0.4, -0.2) is 27.2 Å². The molecule has 32 heavy (non-hydrogen) atoms. The lowest BCUT2D eigenvalue weighted by Crippen LogP contribution is -2.15. The lowest BCUT2D eigenvalue weighted by atomic mass is 10.2. The van der Waals surface area contributed by atoms with Crippen molar-refractivity contribution in [3.63, 3.8) is 0 Å². The largest absolute Gasteiger partial charge is 0.495 e. The molecule has 0 bridgehead atoms. The minimum Gasteiger partial charge on any atom is -0.495 e. The smallest absolute Gasteiger partial charge is 0.262 e. The van der Waals surface area contributed by atoms with E-state index < -0.39 is 10.0 Å². The molecule has 11 heteroatoms. The Balaban J connectivity index is 1.72. The zero-order valence-electron chi connectivity index (χ0n) is 16.7. The van der Waals surface area contributed by atoms with E-state index >= 15 is 0 Å². The number of Topliss-reactive ketones (excluding diaryl/α,β-unsaturated/α-hetero) is 1. The van der Waals surface area contributed by atoms with Gasteiger partial charge in [0, 0.05) is 18.5 Å². The monoisotopic (exact) mass is 512 g/mol. The average Bonchev–Trinajstić information content (AvgIpc) is 3.29. The number of ether oxygens (including phenoxy) is 1. The molecular weight excluding hydrogens is 495 g/mol. The van der Waals surface area contributed by atoms with E-state index in [-0.39, 0.29) is 50.9 Å². The lowest BCUT2D eigenvalue weighted by Gasteiger charge is -2.14. The molecule has 0 saturated heterocycles. The Kier molecular flexibility index (Phi) is 7.78. The molecule has 1 amide bonds. The van der Waals surface area contributed by atoms with E-state index in [0.717, 1.165) is 0 Å². The molecule has 0 aliphatic heterocycles. The normalized spacial score (nSPS) is 11.1. The van der Waals surface area contributed by atoms with Crippen LogP contribution in [0.15, 0.2) is 58.8 Å². The zero-order chi connectivity index (χ0) is 23.3. The minimum atomic E-state index is -4.01. The highest BCUT2D eigenvalue weighted by Gasteiger charge is 2.19. The molecule has 0 aliphatic rings. The van der Waals surface area contributed by atoms with Gasteiger partial charge in [0.25, 0.3) is 10.0 Å². The van der Waals surface area contributed by atoms with Gasteiger partial charge in [0.2, 0.25) is 5.91 Å². The third kappa shape index (κ3) is 6.01. The molecule has 7 nitrogen and oxygen atoms in total. The highest BCUT2D eigenvalue weighted by atomic mass is 35.5. The molecule has 3 aromatic rings. The van der Waals surface area contributed by atoms with Crippen molar-refractivity contribution in [2.75, 3.05) is 17.1 Å². The van der Waals surface area contributed by atoms with Crippen LogP contribution < -0.4 is 14.8 Å². The minimum absolute atomic E-state index is 0.00685. The molecular formula is C21H18Cl2N2O5S2. The fourth-order valence-corrected chi connectivity index (χ4v) is 4.87. The Bertz CT molecular complexity index is 1250. The number of methoxy groups -OCH3 is 1. The van der Waals surface area contributed by atoms with Gasteiger partial charge in [-0.25, -0.2) is 8.42 Å². The first-order valence-electron chi connectivity index (χ1n) is 9.22. The van der Waals surface area contributed by atoms with Gasteiger partial charge in [-0.1, -0.05) is 29.3 Å². The summed E-state index contributed by atoms with van der Waals surface area (Å²) in [5.74, 6) is -0.238. The fraction of sp³-hybridized carbons (Fsp3) is 0.143. The summed E-state index contributed by atoms with van der Waals surface area (Å²) in [7, 11) is -2.62. The molecule has 0 spiro atoms. The molecule has 0 unspecified atom stereocenters. The van der Waals surface area contributed by atoms with Crippen molar-refractivity contribution < 1.29 is 22.7 Å². The number of thiophene rings is 1. The predicted molar refractivity (Wildman–Crippen MR) is 127 cm³/mol. The van der Waals surface area contributed by atoms with Crippen LogP contribution >= 0.6 is 34.5 Å². The maximum atomic E-state index is 12.8. The van der Waals surface area contributed by atoms with Gasteiger partial charge >= 0.3 is 0 Å². The molecule has 2 aromatic carbocycles. The molecule has 2 N–H and O–H groups in total. The number of ketones is 1. The maximum absolute atomic E-state index is 12.8. The molecule has 1 aromatic heterocycles. The number of hydrogen-bond acceptors (Lipinski definition) is 6. The van der Waals surface area contributed by atoms with Crippen molar-refractivity contribution in [2.24, 2.45) is 0 Å². The first-order valence-corrected chi connectivity index (χ1v) is 12.3. The highest BCUT2D eigenvalue weighted by molar-refractivity contribution is 7.92. The number of amides is 1. The predicted octanol–water partition coefficient (Wildman–Crippen LogP) is 5.47. The second-order valence-corrected chi connectivity index (χ2v) is 9.99. The third-order valence-electron chi connectivity index (χ3n) is 4.30. The van der Waals surface area contributed by atoms with E-state index in [9.17, 15) is 18.0 Å². The topological polar surface area (TPSA) is 102 Å². The summed E-state index contributed by atoms with van der Waals surface area (Å²) in [4.78, 5) is 24.8. The molecule has 0 aliphatic carbocycles. The number of rotatable bonds is 9. The van der Waals surface area contributed by atoms with Crippen LogP contribution in [0.5, 0.6) is 5.75 Å². The summed E-state index contributed by atoms with van der Waals surface area (Å²) in [6.45, 7) is 0. The maximum Gasteiger partial charge on any atom is 0.262 e. The van der Waals surface area contributed by atoms with Crippen LogP contribution in [-0.2, 0) is 14.8 Å². The van der Waals surface area contributed by atoms with Gasteiger partial charge in [0.05, 0.1) is 32.6 Å². The van der Waals surface area contributed by atoms with Gasteiger partial charge in [0.1, 0.15) is 5.75 Å². The molecule has 3 rings (SSSR count). The Morgan fingerprint density at radius 2 is 1.81 bits per heavy atom. The zero-order valence-corrected chi connectivity index (χ0v) is 19.9. The van der Waals surface area contributed by atoms with E-state index in [1.165, 1.54) is 48.8 Å². The SMILES string of the molecule is COc1ccc(NC(=O)CCC(=O)c2cccs2)cc1NS(=O)(=O)c1ccc(Cl)c(Cl)c1. The van der Waals surface area contributed by atoms with E-state index in [2.05, 4.69) is 10.0 Å². The van der Waals surface area contributed by atoms with Crippen LogP contribution in [0.25, 0.3) is 0 Å². The highest BCUT2D eigenvalue weighted by Crippen LogP contribution is 2.31. The summed E-state index contributed by atoms with van der Waals surface area (Å²) in [6.07, 6.45) is 0.0619. The standard InChI is InChI=1S/C21H18Cl2N2O5S2/c1-30-19-8-4-13(24-21(27)9-7-18(26)20-3-2-10-31-20)11-17(19)25-32(28,29)14-5-6-15(22)16(23)12-14/h2-6,8,10-12,25H,7,9H2,1H3,(H,24,27). The van der Waals surface area contributed by atoms with E-state index in [0.29, 0.717) is 10.6 Å². The number of benzene rings is 2. The molecule has 1 heterocycles. The van der Waals surface area contributed by atoms with Crippen LogP contribution in [0.2, 0.25) is 10.0 Å². The quantitative estimate of drug-likeness (QED) is 0.370. The number of anilines is 2. The Hall–Kier alpha value is -2.59. The van der Waals surface area contributed by atoms with Gasteiger partial charge < -0.3 is 10.1 Å². The van der Waals surface area contributed by atoms with Crippen LogP contribution in [0, 0.1) is 0 Å². The first-order chi connectivity index (χ1) is 15.2. The fourth-order valence-electron chi connectivity index (χ4n) is 2.72. The van der Waals surface area contributed by atoms with E-state index in [4.69, 9.17) is 27.9 Å². The van der Waals surface area contributed by atoms with Gasteiger partial charge in [0.15, 0.2) is 5.78 Å². The summed E-state index contributed by atoms with van der Waals surface area (Å²) >= 11 is 13.1. The van der Waals surface area contributed by atoms with Gasteiger partial charge in [-0.2, -0.15) is 0 Å². The van der Waals surface area contributed by atoms with Crippen molar-refractivity contribution in [1.29, 1.82) is 0 Å². The van der Waals surface area contributed by atoms with Crippen molar-refractivity contribution in [2.45, 2.75) is 17.7 Å². The van der Waals surface area contributed by atoms with Gasteiger partial charge in [-0.05, 0) is 47.8 Å². The lowest BCUT2D eigenvalue weighted by molar-refractivity contribution is -0.116. The van der Waals surface area contributed by atoms with Crippen LogP contribution in [0.1, 0.15) is 22.5 Å². The number of nitrogens with one attached hydrogen (secondary N) is 2. The summed E-state index contributed by atoms with van der Waals surface area (Å²) < 4.78 is 33.2. The number of sulfonamides is 1. The number of hydrogen-bond donors (Lipinski definition) is 2. The van der Waals surface area contributed by atoms with Gasteiger partial charge in [-0.15, -0.1) is 11.3 Å². The van der Waals surface area contributed by atoms with Crippen LogP contribution in [0.3, 0.4) is 0 Å². The average molecular weight is 513 g/mol. The second-order valence-electron chi connectivity index (χ2n) is 6.55. The Morgan fingerprint density at radius 3 is 2.47 bits per heavy atom. The summed E-state index contributed by atoms with van der Waals surface area (Å²) in [5, 5.41) is 4.78. The van der Waals surface area contributed by atoms with Gasteiger partial charge in [-0.3, -0.25) is 14.3 Å².